The van der Waals surface area contributed by atoms with E-state index < -0.39 is 6.04 Å². The lowest BCUT2D eigenvalue weighted by molar-refractivity contribution is -0.139. The van der Waals surface area contributed by atoms with E-state index in [1.165, 1.54) is 24.2 Å². The quantitative estimate of drug-likeness (QED) is 0.254. The van der Waals surface area contributed by atoms with Crippen molar-refractivity contribution in [1.82, 2.24) is 10.2 Å². The zero-order chi connectivity index (χ0) is 27.6. The van der Waals surface area contributed by atoms with Crippen LogP contribution in [-0.4, -0.2) is 34.6 Å². The van der Waals surface area contributed by atoms with E-state index in [2.05, 4.69) is 5.32 Å². The van der Waals surface area contributed by atoms with Crippen molar-refractivity contribution in [2.45, 2.75) is 62.9 Å². The van der Waals surface area contributed by atoms with Crippen molar-refractivity contribution in [3.8, 4) is 0 Å². The van der Waals surface area contributed by atoms with E-state index in [9.17, 15) is 14.0 Å². The predicted molar refractivity (Wildman–Crippen MR) is 159 cm³/mol. The number of hydrogen-bond acceptors (Lipinski definition) is 3. The summed E-state index contributed by atoms with van der Waals surface area (Å²) >= 11 is 14.0. The summed E-state index contributed by atoms with van der Waals surface area (Å²) in [5.74, 6) is -0.214. The molecule has 0 spiro atoms. The summed E-state index contributed by atoms with van der Waals surface area (Å²) in [4.78, 5) is 29.2. The van der Waals surface area contributed by atoms with Gasteiger partial charge in [0.15, 0.2) is 0 Å². The highest BCUT2D eigenvalue weighted by atomic mass is 35.5. The minimum atomic E-state index is -0.734. The maximum Gasteiger partial charge on any atom is 0.243 e. The van der Waals surface area contributed by atoms with Gasteiger partial charge in [-0.2, -0.15) is 0 Å². The molecule has 3 aromatic carbocycles. The Morgan fingerprint density at radius 1 is 0.949 bits per heavy atom. The first-order valence-corrected chi connectivity index (χ1v) is 15.2. The third-order valence-electron chi connectivity index (χ3n) is 7.02. The zero-order valence-corrected chi connectivity index (χ0v) is 24.1. The number of rotatable bonds is 11. The van der Waals surface area contributed by atoms with Crippen LogP contribution in [0.5, 0.6) is 0 Å². The summed E-state index contributed by atoms with van der Waals surface area (Å²) in [7, 11) is 0. The molecule has 8 heteroatoms. The van der Waals surface area contributed by atoms with Gasteiger partial charge in [0.1, 0.15) is 11.9 Å². The number of halogens is 3. The van der Waals surface area contributed by atoms with Gasteiger partial charge in [-0.25, -0.2) is 4.39 Å². The van der Waals surface area contributed by atoms with Crippen LogP contribution < -0.4 is 5.32 Å². The first kappa shape index (κ1) is 29.4. The summed E-state index contributed by atoms with van der Waals surface area (Å²) in [6.45, 7) is 0.157. The lowest BCUT2D eigenvalue weighted by Gasteiger charge is -2.33. The normalized spacial score (nSPS) is 14.5. The maximum absolute atomic E-state index is 14.1. The van der Waals surface area contributed by atoms with E-state index >= 15 is 0 Å². The molecule has 1 N–H and O–H groups in total. The molecule has 0 unspecified atom stereocenters. The van der Waals surface area contributed by atoms with E-state index in [1.54, 1.807) is 41.3 Å². The number of hydrogen-bond donors (Lipinski definition) is 1. The minimum absolute atomic E-state index is 0.0988. The van der Waals surface area contributed by atoms with E-state index in [4.69, 9.17) is 23.2 Å². The number of amides is 2. The molecule has 0 radical (unpaired) electrons. The Morgan fingerprint density at radius 3 is 2.38 bits per heavy atom. The van der Waals surface area contributed by atoms with Crippen molar-refractivity contribution in [3.63, 3.8) is 0 Å². The smallest absolute Gasteiger partial charge is 0.243 e. The zero-order valence-electron chi connectivity index (χ0n) is 21.8. The van der Waals surface area contributed by atoms with Crippen LogP contribution in [0.25, 0.3) is 0 Å². The lowest BCUT2D eigenvalue weighted by Crippen LogP contribution is -2.53. The second-order valence-electron chi connectivity index (χ2n) is 9.89. The molecule has 0 heterocycles. The second kappa shape index (κ2) is 14.7. The van der Waals surface area contributed by atoms with E-state index in [-0.39, 0.29) is 36.0 Å². The average Bonchev–Trinajstić information content (AvgIpc) is 2.94. The molecule has 1 aliphatic rings. The van der Waals surface area contributed by atoms with Crippen LogP contribution >= 0.6 is 35.0 Å². The predicted octanol–water partition coefficient (Wildman–Crippen LogP) is 7.45. The molecular weight excluding hydrogens is 554 g/mol. The SMILES string of the molecule is O=C(NC1CCCCC1)[C@@H](Cc1ccccc1)N(Cc1ccc(Cl)cc1Cl)C(=O)CSCc1ccccc1F. The lowest BCUT2D eigenvalue weighted by atomic mass is 9.94. The summed E-state index contributed by atoms with van der Waals surface area (Å²) < 4.78 is 14.1. The van der Waals surface area contributed by atoms with Crippen LogP contribution in [0, 0.1) is 5.82 Å². The largest absolute Gasteiger partial charge is 0.352 e. The van der Waals surface area contributed by atoms with Gasteiger partial charge in [-0.1, -0.05) is 97.1 Å². The number of nitrogens with zero attached hydrogens (tertiary/aromatic N) is 1. The monoisotopic (exact) mass is 586 g/mol. The fraction of sp³-hybridized carbons (Fsp3) is 0.355. The average molecular weight is 588 g/mol. The van der Waals surface area contributed by atoms with Gasteiger partial charge in [0.05, 0.1) is 5.75 Å². The van der Waals surface area contributed by atoms with Gasteiger partial charge in [0, 0.05) is 34.8 Å². The van der Waals surface area contributed by atoms with Gasteiger partial charge in [-0.15, -0.1) is 11.8 Å². The Morgan fingerprint density at radius 2 is 1.67 bits per heavy atom. The molecule has 4 nitrogen and oxygen atoms in total. The Kier molecular flexibility index (Phi) is 11.1. The van der Waals surface area contributed by atoms with Gasteiger partial charge in [0.2, 0.25) is 11.8 Å². The molecule has 0 aromatic heterocycles. The van der Waals surface area contributed by atoms with Crippen molar-refractivity contribution in [2.24, 2.45) is 0 Å². The van der Waals surface area contributed by atoms with Crippen molar-refractivity contribution >= 4 is 46.8 Å². The standard InChI is InChI=1S/C31H33Cl2FN2O2S/c32-25-16-15-23(27(33)18-25)19-36(30(37)21-39-20-24-11-7-8-14-28(24)34)29(17-22-9-3-1-4-10-22)31(38)35-26-12-5-2-6-13-26/h1,3-4,7-11,14-16,18,26,29H,2,5-6,12-13,17,19-21H2,(H,35,38)/t29-/m1/s1. The molecule has 0 bridgehead atoms. The van der Waals surface area contributed by atoms with Crippen LogP contribution in [0.4, 0.5) is 4.39 Å². The van der Waals surface area contributed by atoms with Crippen molar-refractivity contribution in [3.05, 3.63) is 105 Å². The number of carbonyl (C=O) groups is 2. The highest BCUT2D eigenvalue weighted by Crippen LogP contribution is 2.26. The summed E-state index contributed by atoms with van der Waals surface area (Å²) in [5.41, 5.74) is 2.20. The number of carbonyl (C=O) groups excluding carboxylic acids is 2. The molecule has 1 atom stereocenters. The third kappa shape index (κ3) is 8.72. The van der Waals surface area contributed by atoms with Crippen LogP contribution in [0.3, 0.4) is 0 Å². The van der Waals surface area contributed by atoms with Gasteiger partial charge in [0.25, 0.3) is 0 Å². The van der Waals surface area contributed by atoms with Crippen molar-refractivity contribution in [2.75, 3.05) is 5.75 Å². The molecule has 0 aliphatic heterocycles. The molecule has 1 aliphatic carbocycles. The van der Waals surface area contributed by atoms with Crippen LogP contribution in [-0.2, 0) is 28.3 Å². The molecular formula is C31H33Cl2FN2O2S. The minimum Gasteiger partial charge on any atom is -0.352 e. The Labute approximate surface area is 244 Å². The van der Waals surface area contributed by atoms with Gasteiger partial charge in [-0.05, 0) is 47.7 Å². The maximum atomic E-state index is 14.1. The molecule has 0 saturated heterocycles. The molecule has 1 fully saturated rings. The summed E-state index contributed by atoms with van der Waals surface area (Å²) in [6.07, 6.45) is 5.61. The molecule has 3 aromatic rings. The topological polar surface area (TPSA) is 49.4 Å². The first-order valence-electron chi connectivity index (χ1n) is 13.3. The molecule has 206 valence electrons. The van der Waals surface area contributed by atoms with Gasteiger partial charge in [-0.3, -0.25) is 9.59 Å². The second-order valence-corrected chi connectivity index (χ2v) is 11.7. The Bertz CT molecular complexity index is 1250. The fourth-order valence-corrected chi connectivity index (χ4v) is 6.24. The van der Waals surface area contributed by atoms with Crippen LogP contribution in [0.15, 0.2) is 72.8 Å². The highest BCUT2D eigenvalue weighted by Gasteiger charge is 2.32. The molecule has 4 rings (SSSR count). The van der Waals surface area contributed by atoms with Gasteiger partial charge >= 0.3 is 0 Å². The Hall–Kier alpha value is -2.54. The summed E-state index contributed by atoms with van der Waals surface area (Å²) in [6, 6.07) is 20.8. The molecule has 2 amide bonds. The van der Waals surface area contributed by atoms with Gasteiger partial charge < -0.3 is 10.2 Å². The first-order chi connectivity index (χ1) is 18.9. The Balaban J connectivity index is 1.59. The summed E-state index contributed by atoms with van der Waals surface area (Å²) in [5, 5.41) is 4.16. The molecule has 39 heavy (non-hydrogen) atoms. The van der Waals surface area contributed by atoms with Crippen molar-refractivity contribution < 1.29 is 14.0 Å². The number of thioether (sulfide) groups is 1. The third-order valence-corrected chi connectivity index (χ3v) is 8.57. The molecule has 1 saturated carbocycles. The van der Waals surface area contributed by atoms with E-state index in [0.29, 0.717) is 33.3 Å². The number of benzene rings is 3. The van der Waals surface area contributed by atoms with E-state index in [1.807, 2.05) is 30.3 Å². The van der Waals surface area contributed by atoms with Crippen LogP contribution in [0.2, 0.25) is 10.0 Å². The van der Waals surface area contributed by atoms with E-state index in [0.717, 1.165) is 31.2 Å². The van der Waals surface area contributed by atoms with Crippen LogP contribution in [0.1, 0.15) is 48.8 Å². The number of nitrogens with one attached hydrogen (secondary N) is 1. The fourth-order valence-electron chi connectivity index (χ4n) is 4.88. The highest BCUT2D eigenvalue weighted by molar-refractivity contribution is 7.99. The van der Waals surface area contributed by atoms with Crippen molar-refractivity contribution in [1.29, 1.82) is 0 Å².